The molecule has 0 radical (unpaired) electrons. The van der Waals surface area contributed by atoms with Crippen LogP contribution in [0.15, 0.2) is 24.3 Å². The second kappa shape index (κ2) is 7.44. The Kier molecular flexibility index (Phi) is 5.11. The number of hydrogen-bond acceptors (Lipinski definition) is 5. The van der Waals surface area contributed by atoms with Crippen molar-refractivity contribution in [3.63, 3.8) is 0 Å². The lowest BCUT2D eigenvalue weighted by molar-refractivity contribution is -0.132. The summed E-state index contributed by atoms with van der Waals surface area (Å²) >= 11 is 0. The Hall–Kier alpha value is -2.10. The molecule has 0 saturated carbocycles. The fourth-order valence-electron chi connectivity index (χ4n) is 3.07. The van der Waals surface area contributed by atoms with Crippen LogP contribution < -0.4 is 4.74 Å². The standard InChI is InChI=1S/C17H21N3O3/c18-11-14-1-3-16(4-2-14)23-13-17(21)20-6-5-15(12-20)19-7-9-22-10-8-19/h1-4,15H,5-10,12-13H2. The van der Waals surface area contributed by atoms with Crippen molar-refractivity contribution in [2.45, 2.75) is 12.5 Å². The molecule has 0 aliphatic carbocycles. The van der Waals surface area contributed by atoms with Gasteiger partial charge in [0.25, 0.3) is 5.91 Å². The number of ether oxygens (including phenoxy) is 2. The number of carbonyl (C=O) groups excluding carboxylic acids is 1. The molecule has 1 amide bonds. The number of carbonyl (C=O) groups is 1. The third-order valence-electron chi connectivity index (χ3n) is 4.42. The predicted octanol–water partition coefficient (Wildman–Crippen LogP) is 0.870. The number of amides is 1. The van der Waals surface area contributed by atoms with E-state index in [0.29, 0.717) is 17.4 Å². The molecule has 2 heterocycles. The lowest BCUT2D eigenvalue weighted by Gasteiger charge is -2.32. The molecule has 6 heteroatoms. The summed E-state index contributed by atoms with van der Waals surface area (Å²) in [7, 11) is 0. The zero-order valence-electron chi connectivity index (χ0n) is 13.1. The van der Waals surface area contributed by atoms with Gasteiger partial charge >= 0.3 is 0 Å². The fourth-order valence-corrected chi connectivity index (χ4v) is 3.07. The van der Waals surface area contributed by atoms with E-state index in [1.807, 2.05) is 4.90 Å². The summed E-state index contributed by atoms with van der Waals surface area (Å²) in [6.07, 6.45) is 1.02. The van der Waals surface area contributed by atoms with Crippen LogP contribution in [0, 0.1) is 11.3 Å². The molecule has 6 nitrogen and oxygen atoms in total. The van der Waals surface area contributed by atoms with Gasteiger partial charge < -0.3 is 14.4 Å². The van der Waals surface area contributed by atoms with Crippen molar-refractivity contribution in [2.75, 3.05) is 46.0 Å². The van der Waals surface area contributed by atoms with Crippen LogP contribution in [-0.4, -0.2) is 67.7 Å². The van der Waals surface area contributed by atoms with Crippen LogP contribution in [0.1, 0.15) is 12.0 Å². The van der Waals surface area contributed by atoms with Gasteiger partial charge in [0.2, 0.25) is 0 Å². The van der Waals surface area contributed by atoms with E-state index >= 15 is 0 Å². The topological polar surface area (TPSA) is 65.8 Å². The highest BCUT2D eigenvalue weighted by Gasteiger charge is 2.31. The number of hydrogen-bond donors (Lipinski definition) is 0. The van der Waals surface area contributed by atoms with Crippen LogP contribution in [0.2, 0.25) is 0 Å². The maximum Gasteiger partial charge on any atom is 0.260 e. The normalized spacial score (nSPS) is 21.9. The Bertz CT molecular complexity index is 576. The Labute approximate surface area is 136 Å². The van der Waals surface area contributed by atoms with Gasteiger partial charge in [0.15, 0.2) is 6.61 Å². The van der Waals surface area contributed by atoms with Gasteiger partial charge in [0.05, 0.1) is 24.8 Å². The first kappa shape index (κ1) is 15.8. The smallest absolute Gasteiger partial charge is 0.260 e. The van der Waals surface area contributed by atoms with Crippen LogP contribution >= 0.6 is 0 Å². The minimum atomic E-state index is 0.0186. The highest BCUT2D eigenvalue weighted by molar-refractivity contribution is 5.78. The van der Waals surface area contributed by atoms with Gasteiger partial charge in [0.1, 0.15) is 5.75 Å². The van der Waals surface area contributed by atoms with Gasteiger partial charge in [-0.25, -0.2) is 0 Å². The molecule has 2 fully saturated rings. The number of rotatable bonds is 4. The largest absolute Gasteiger partial charge is 0.484 e. The highest BCUT2D eigenvalue weighted by atomic mass is 16.5. The van der Waals surface area contributed by atoms with Crippen LogP contribution in [0.3, 0.4) is 0 Å². The monoisotopic (exact) mass is 315 g/mol. The summed E-state index contributed by atoms with van der Waals surface area (Å²) in [5.41, 5.74) is 0.580. The van der Waals surface area contributed by atoms with Crippen molar-refractivity contribution in [1.29, 1.82) is 5.26 Å². The van der Waals surface area contributed by atoms with E-state index in [0.717, 1.165) is 45.8 Å². The summed E-state index contributed by atoms with van der Waals surface area (Å²) in [6.45, 7) is 5.08. The first-order valence-electron chi connectivity index (χ1n) is 7.99. The molecule has 3 rings (SSSR count). The summed E-state index contributed by atoms with van der Waals surface area (Å²) in [6, 6.07) is 9.30. The molecule has 0 aromatic heterocycles. The van der Waals surface area contributed by atoms with Crippen LogP contribution in [-0.2, 0) is 9.53 Å². The second-order valence-corrected chi connectivity index (χ2v) is 5.86. The van der Waals surface area contributed by atoms with Gasteiger partial charge in [-0.15, -0.1) is 0 Å². The molecule has 0 spiro atoms. The van der Waals surface area contributed by atoms with Crippen LogP contribution in [0.25, 0.3) is 0 Å². The minimum Gasteiger partial charge on any atom is -0.484 e. The van der Waals surface area contributed by atoms with Crippen LogP contribution in [0.4, 0.5) is 0 Å². The third kappa shape index (κ3) is 4.01. The molecular weight excluding hydrogens is 294 g/mol. The molecule has 1 atom stereocenters. The number of likely N-dealkylation sites (tertiary alicyclic amines) is 1. The molecule has 122 valence electrons. The SMILES string of the molecule is N#Cc1ccc(OCC(=O)N2CCC(N3CCOCC3)C2)cc1. The van der Waals surface area contributed by atoms with E-state index in [-0.39, 0.29) is 12.5 Å². The second-order valence-electron chi connectivity index (χ2n) is 5.86. The Balaban J connectivity index is 1.46. The van der Waals surface area contributed by atoms with Gasteiger partial charge in [0, 0.05) is 32.2 Å². The predicted molar refractivity (Wildman–Crippen MR) is 84.0 cm³/mol. The molecule has 2 aliphatic heterocycles. The lowest BCUT2D eigenvalue weighted by atomic mass is 10.2. The minimum absolute atomic E-state index is 0.0186. The van der Waals surface area contributed by atoms with Crippen LogP contribution in [0.5, 0.6) is 5.75 Å². The van der Waals surface area contributed by atoms with E-state index in [2.05, 4.69) is 11.0 Å². The van der Waals surface area contributed by atoms with Gasteiger partial charge in [-0.3, -0.25) is 9.69 Å². The Morgan fingerprint density at radius 3 is 2.70 bits per heavy atom. The average molecular weight is 315 g/mol. The van der Waals surface area contributed by atoms with Crippen molar-refractivity contribution >= 4 is 5.91 Å². The van der Waals surface area contributed by atoms with Crippen molar-refractivity contribution in [3.8, 4) is 11.8 Å². The van der Waals surface area contributed by atoms with E-state index in [4.69, 9.17) is 14.7 Å². The van der Waals surface area contributed by atoms with E-state index in [1.54, 1.807) is 24.3 Å². The molecule has 23 heavy (non-hydrogen) atoms. The van der Waals surface area contributed by atoms with Gasteiger partial charge in [-0.1, -0.05) is 0 Å². The number of morpholine rings is 1. The molecule has 1 unspecified atom stereocenters. The first-order chi connectivity index (χ1) is 11.3. The van der Waals surface area contributed by atoms with Crippen molar-refractivity contribution in [3.05, 3.63) is 29.8 Å². The molecule has 1 aromatic carbocycles. The quantitative estimate of drug-likeness (QED) is 0.825. The first-order valence-corrected chi connectivity index (χ1v) is 7.99. The maximum atomic E-state index is 12.3. The number of nitriles is 1. The zero-order chi connectivity index (χ0) is 16.1. The molecule has 0 bridgehead atoms. The van der Waals surface area contributed by atoms with Crippen molar-refractivity contribution in [1.82, 2.24) is 9.80 Å². The van der Waals surface area contributed by atoms with Gasteiger partial charge in [-0.2, -0.15) is 5.26 Å². The fraction of sp³-hybridized carbons (Fsp3) is 0.529. The summed E-state index contributed by atoms with van der Waals surface area (Å²) in [5.74, 6) is 0.631. The summed E-state index contributed by atoms with van der Waals surface area (Å²) < 4.78 is 10.9. The average Bonchev–Trinajstić information content (AvgIpc) is 3.11. The molecule has 1 aromatic rings. The molecule has 0 N–H and O–H groups in total. The van der Waals surface area contributed by atoms with Gasteiger partial charge in [-0.05, 0) is 30.7 Å². The number of nitrogens with zero attached hydrogens (tertiary/aromatic N) is 3. The summed E-state index contributed by atoms with van der Waals surface area (Å²) in [4.78, 5) is 16.6. The van der Waals surface area contributed by atoms with Crippen molar-refractivity contribution < 1.29 is 14.3 Å². The highest BCUT2D eigenvalue weighted by Crippen LogP contribution is 2.18. The van der Waals surface area contributed by atoms with Crippen molar-refractivity contribution in [2.24, 2.45) is 0 Å². The zero-order valence-corrected chi connectivity index (χ0v) is 13.1. The van der Waals surface area contributed by atoms with E-state index in [9.17, 15) is 4.79 Å². The lowest BCUT2D eigenvalue weighted by Crippen LogP contribution is -2.45. The summed E-state index contributed by atoms with van der Waals surface area (Å²) in [5, 5.41) is 8.76. The molecular formula is C17H21N3O3. The van der Waals surface area contributed by atoms with E-state index in [1.165, 1.54) is 0 Å². The molecule has 2 aliphatic rings. The Morgan fingerprint density at radius 2 is 2.00 bits per heavy atom. The third-order valence-corrected chi connectivity index (χ3v) is 4.42. The molecule has 2 saturated heterocycles. The maximum absolute atomic E-state index is 12.3. The Morgan fingerprint density at radius 1 is 1.26 bits per heavy atom. The van der Waals surface area contributed by atoms with E-state index < -0.39 is 0 Å². The number of benzene rings is 1.